The van der Waals surface area contributed by atoms with Gasteiger partial charge in [-0.2, -0.15) is 18.3 Å². The van der Waals surface area contributed by atoms with Gasteiger partial charge in [-0.25, -0.2) is 0 Å². The van der Waals surface area contributed by atoms with Gasteiger partial charge in [-0.1, -0.05) is 0 Å². The molecule has 122 valence electrons. The lowest BCUT2D eigenvalue weighted by Crippen LogP contribution is -2.41. The Bertz CT molecular complexity index is 530. The van der Waals surface area contributed by atoms with Crippen molar-refractivity contribution in [1.82, 2.24) is 20.0 Å². The van der Waals surface area contributed by atoms with Crippen LogP contribution in [0.15, 0.2) is 18.5 Å². The van der Waals surface area contributed by atoms with E-state index < -0.39 is 30.5 Å². The predicted octanol–water partition coefficient (Wildman–Crippen LogP) is 0.799. The van der Waals surface area contributed by atoms with Gasteiger partial charge in [0.2, 0.25) is 11.8 Å². The minimum atomic E-state index is -4.45. The number of nitrogens with zero attached hydrogens (tertiary/aromatic N) is 3. The fraction of sp³-hybridized carbons (Fsp3) is 0.615. The molecule has 6 nitrogen and oxygen atoms in total. The molecule has 0 radical (unpaired) electrons. The van der Waals surface area contributed by atoms with Crippen molar-refractivity contribution >= 4 is 11.8 Å². The Labute approximate surface area is 125 Å². The SMILES string of the molecule is C[C@@H](Cn1cccn1)NC(=O)[C@@H]1CC(=O)N(CC(F)(F)F)C1. The molecule has 2 atom stereocenters. The molecule has 2 heterocycles. The standard InChI is InChI=1S/C13H17F3N4O2/c1-9(6-20-4-2-3-17-20)18-12(22)10-5-11(21)19(7-10)8-13(14,15)16/h2-4,9-10H,5-8H2,1H3,(H,18,22)/t9-,10+/m0/s1. The molecule has 0 spiro atoms. The number of carbonyl (C=O) groups is 2. The van der Waals surface area contributed by atoms with Crippen molar-refractivity contribution in [2.75, 3.05) is 13.1 Å². The number of aromatic nitrogens is 2. The van der Waals surface area contributed by atoms with Crippen LogP contribution in [0.5, 0.6) is 0 Å². The molecule has 1 aromatic rings. The Kier molecular flexibility index (Phi) is 4.72. The van der Waals surface area contributed by atoms with E-state index in [-0.39, 0.29) is 19.0 Å². The molecule has 1 fully saturated rings. The summed E-state index contributed by atoms with van der Waals surface area (Å²) in [7, 11) is 0. The van der Waals surface area contributed by atoms with Crippen LogP contribution in [0.1, 0.15) is 13.3 Å². The number of likely N-dealkylation sites (tertiary alicyclic amines) is 1. The number of amides is 2. The zero-order chi connectivity index (χ0) is 16.3. The first-order chi connectivity index (χ1) is 10.2. The Morgan fingerprint density at radius 2 is 2.27 bits per heavy atom. The molecule has 2 rings (SSSR count). The number of hydrogen-bond acceptors (Lipinski definition) is 3. The van der Waals surface area contributed by atoms with Crippen LogP contribution in [0.2, 0.25) is 0 Å². The van der Waals surface area contributed by atoms with E-state index in [4.69, 9.17) is 0 Å². The quantitative estimate of drug-likeness (QED) is 0.873. The smallest absolute Gasteiger partial charge is 0.351 e. The first-order valence-electron chi connectivity index (χ1n) is 6.87. The molecule has 1 N–H and O–H groups in total. The van der Waals surface area contributed by atoms with Crippen LogP contribution in [0.4, 0.5) is 13.2 Å². The molecule has 1 aliphatic heterocycles. The van der Waals surface area contributed by atoms with Crippen molar-refractivity contribution in [3.05, 3.63) is 18.5 Å². The Balaban J connectivity index is 1.84. The van der Waals surface area contributed by atoms with Crippen LogP contribution < -0.4 is 5.32 Å². The second kappa shape index (κ2) is 6.37. The van der Waals surface area contributed by atoms with Crippen LogP contribution in [0.25, 0.3) is 0 Å². The first-order valence-corrected chi connectivity index (χ1v) is 6.87. The lowest BCUT2D eigenvalue weighted by molar-refractivity contribution is -0.157. The maximum Gasteiger partial charge on any atom is 0.406 e. The normalized spacial score (nSPS) is 20.3. The number of hydrogen-bond donors (Lipinski definition) is 1. The van der Waals surface area contributed by atoms with Gasteiger partial charge in [0.1, 0.15) is 6.54 Å². The van der Waals surface area contributed by atoms with Crippen molar-refractivity contribution in [3.8, 4) is 0 Å². The average molecular weight is 318 g/mol. The minimum absolute atomic E-state index is 0.184. The van der Waals surface area contributed by atoms with Gasteiger partial charge in [-0.05, 0) is 13.0 Å². The maximum atomic E-state index is 12.3. The van der Waals surface area contributed by atoms with Crippen molar-refractivity contribution in [1.29, 1.82) is 0 Å². The first kappa shape index (κ1) is 16.3. The third-order valence-corrected chi connectivity index (χ3v) is 3.36. The van der Waals surface area contributed by atoms with Crippen molar-refractivity contribution in [2.24, 2.45) is 5.92 Å². The summed E-state index contributed by atoms with van der Waals surface area (Å²) in [5.41, 5.74) is 0. The lowest BCUT2D eigenvalue weighted by Gasteiger charge is -2.19. The highest BCUT2D eigenvalue weighted by Gasteiger charge is 2.40. The Morgan fingerprint density at radius 3 is 2.86 bits per heavy atom. The lowest BCUT2D eigenvalue weighted by atomic mass is 10.1. The van der Waals surface area contributed by atoms with E-state index >= 15 is 0 Å². The molecule has 0 unspecified atom stereocenters. The van der Waals surface area contributed by atoms with Gasteiger partial charge in [0.15, 0.2) is 0 Å². The fourth-order valence-corrected chi connectivity index (χ4v) is 2.41. The third kappa shape index (κ3) is 4.47. The molecular weight excluding hydrogens is 301 g/mol. The summed E-state index contributed by atoms with van der Waals surface area (Å²) in [5, 5.41) is 6.71. The van der Waals surface area contributed by atoms with E-state index in [9.17, 15) is 22.8 Å². The van der Waals surface area contributed by atoms with Crippen LogP contribution in [0, 0.1) is 5.92 Å². The predicted molar refractivity (Wildman–Crippen MR) is 70.6 cm³/mol. The highest BCUT2D eigenvalue weighted by atomic mass is 19.4. The molecule has 0 aromatic carbocycles. The van der Waals surface area contributed by atoms with Gasteiger partial charge in [0, 0.05) is 31.4 Å². The summed E-state index contributed by atoms with van der Waals surface area (Å²) in [4.78, 5) is 24.3. The van der Waals surface area contributed by atoms with Gasteiger partial charge >= 0.3 is 6.18 Å². The number of rotatable bonds is 5. The molecule has 0 saturated carbocycles. The van der Waals surface area contributed by atoms with E-state index in [1.54, 1.807) is 30.1 Å². The average Bonchev–Trinajstić information content (AvgIpc) is 2.98. The van der Waals surface area contributed by atoms with Crippen LogP contribution in [-0.4, -0.2) is 51.8 Å². The van der Waals surface area contributed by atoms with Gasteiger partial charge in [0.05, 0.1) is 12.5 Å². The summed E-state index contributed by atoms with van der Waals surface area (Å²) in [5.74, 6) is -1.79. The topological polar surface area (TPSA) is 67.2 Å². The van der Waals surface area contributed by atoms with E-state index in [0.717, 1.165) is 0 Å². The molecular formula is C13H17F3N4O2. The third-order valence-electron chi connectivity index (χ3n) is 3.36. The summed E-state index contributed by atoms with van der Waals surface area (Å²) < 4.78 is 38.6. The van der Waals surface area contributed by atoms with Crippen molar-refractivity contribution in [2.45, 2.75) is 32.1 Å². The van der Waals surface area contributed by atoms with Crippen LogP contribution >= 0.6 is 0 Å². The van der Waals surface area contributed by atoms with Gasteiger partial charge in [-0.3, -0.25) is 14.3 Å². The largest absolute Gasteiger partial charge is 0.406 e. The molecule has 1 saturated heterocycles. The second-order valence-corrected chi connectivity index (χ2v) is 5.43. The minimum Gasteiger partial charge on any atom is -0.351 e. The summed E-state index contributed by atoms with van der Waals surface area (Å²) >= 11 is 0. The summed E-state index contributed by atoms with van der Waals surface area (Å²) in [6.45, 7) is 0.715. The molecule has 1 aromatic heterocycles. The molecule has 2 amide bonds. The fourth-order valence-electron chi connectivity index (χ4n) is 2.41. The number of nitrogens with one attached hydrogen (secondary N) is 1. The molecule has 0 bridgehead atoms. The molecule has 1 aliphatic rings. The number of alkyl halides is 3. The summed E-state index contributed by atoms with van der Waals surface area (Å²) in [6, 6.07) is 1.51. The van der Waals surface area contributed by atoms with E-state index in [1.165, 1.54) is 0 Å². The van der Waals surface area contributed by atoms with Crippen molar-refractivity contribution in [3.63, 3.8) is 0 Å². The molecule has 9 heteroatoms. The number of halogens is 3. The highest BCUT2D eigenvalue weighted by Crippen LogP contribution is 2.24. The zero-order valence-electron chi connectivity index (χ0n) is 12.0. The zero-order valence-corrected chi connectivity index (χ0v) is 12.0. The number of carbonyl (C=O) groups excluding carboxylic acids is 2. The highest BCUT2D eigenvalue weighted by molar-refractivity contribution is 5.89. The van der Waals surface area contributed by atoms with E-state index in [2.05, 4.69) is 10.4 Å². The second-order valence-electron chi connectivity index (χ2n) is 5.43. The maximum absolute atomic E-state index is 12.3. The molecule has 22 heavy (non-hydrogen) atoms. The van der Waals surface area contributed by atoms with E-state index in [0.29, 0.717) is 11.4 Å². The monoisotopic (exact) mass is 318 g/mol. The van der Waals surface area contributed by atoms with Crippen LogP contribution in [-0.2, 0) is 16.1 Å². The van der Waals surface area contributed by atoms with Gasteiger partial charge in [-0.15, -0.1) is 0 Å². The Hall–Kier alpha value is -2.06. The van der Waals surface area contributed by atoms with E-state index in [1.807, 2.05) is 0 Å². The molecule has 0 aliphatic carbocycles. The van der Waals surface area contributed by atoms with Crippen molar-refractivity contribution < 1.29 is 22.8 Å². The summed E-state index contributed by atoms with van der Waals surface area (Å²) in [6.07, 6.45) is -1.28. The van der Waals surface area contributed by atoms with Gasteiger partial charge in [0.25, 0.3) is 0 Å². The Morgan fingerprint density at radius 1 is 1.55 bits per heavy atom. The van der Waals surface area contributed by atoms with Crippen LogP contribution in [0.3, 0.4) is 0 Å². The van der Waals surface area contributed by atoms with Gasteiger partial charge < -0.3 is 10.2 Å².